The van der Waals surface area contributed by atoms with Gasteiger partial charge in [0.25, 0.3) is 5.78 Å². The number of rotatable bonds is 2. The quantitative estimate of drug-likeness (QED) is 0.407. The third kappa shape index (κ3) is 2.01. The highest BCUT2D eigenvalue weighted by atomic mass is 16.5. The van der Waals surface area contributed by atoms with E-state index in [1.54, 1.807) is 0 Å². The van der Waals surface area contributed by atoms with E-state index in [-0.39, 0.29) is 17.1 Å². The SMILES string of the molecule is COC(=O)C(=O)c1cc(O)cc(O)c1. The third-order valence-electron chi connectivity index (χ3n) is 1.54. The van der Waals surface area contributed by atoms with Crippen molar-refractivity contribution >= 4 is 11.8 Å². The van der Waals surface area contributed by atoms with Crippen LogP contribution < -0.4 is 0 Å². The molecule has 0 aliphatic rings. The first-order chi connectivity index (χ1) is 6.54. The van der Waals surface area contributed by atoms with Crippen LogP contribution in [0.1, 0.15) is 10.4 Å². The molecule has 0 saturated carbocycles. The fourth-order valence-corrected chi connectivity index (χ4v) is 0.937. The summed E-state index contributed by atoms with van der Waals surface area (Å²) in [4.78, 5) is 22.0. The lowest BCUT2D eigenvalue weighted by molar-refractivity contribution is -0.135. The molecule has 5 nitrogen and oxygen atoms in total. The number of ether oxygens (including phenoxy) is 1. The summed E-state index contributed by atoms with van der Waals surface area (Å²) >= 11 is 0. The molecule has 1 aromatic rings. The number of methoxy groups -OCH3 is 1. The predicted molar refractivity (Wildman–Crippen MR) is 46.1 cm³/mol. The molecular weight excluding hydrogens is 188 g/mol. The van der Waals surface area contributed by atoms with Gasteiger partial charge in [0.2, 0.25) is 0 Å². The molecule has 0 aliphatic heterocycles. The fourth-order valence-electron chi connectivity index (χ4n) is 0.937. The van der Waals surface area contributed by atoms with E-state index < -0.39 is 11.8 Å². The predicted octanol–water partition coefficient (Wildman–Crippen LogP) is 0.453. The molecule has 0 spiro atoms. The van der Waals surface area contributed by atoms with Gasteiger partial charge < -0.3 is 14.9 Å². The molecule has 0 aliphatic carbocycles. The molecule has 0 unspecified atom stereocenters. The van der Waals surface area contributed by atoms with E-state index in [0.717, 1.165) is 25.3 Å². The molecule has 0 atom stereocenters. The number of esters is 1. The number of carbonyl (C=O) groups excluding carboxylic acids is 2. The highest BCUT2D eigenvalue weighted by Crippen LogP contribution is 2.20. The van der Waals surface area contributed by atoms with Crippen molar-refractivity contribution in [2.75, 3.05) is 7.11 Å². The van der Waals surface area contributed by atoms with Gasteiger partial charge in [-0.15, -0.1) is 0 Å². The van der Waals surface area contributed by atoms with Gasteiger partial charge in [0.1, 0.15) is 11.5 Å². The second-order valence-electron chi connectivity index (χ2n) is 2.56. The number of phenolic OH excluding ortho intramolecular Hbond substituents is 2. The molecule has 0 aromatic heterocycles. The Morgan fingerprint density at radius 1 is 1.14 bits per heavy atom. The van der Waals surface area contributed by atoms with Crippen molar-refractivity contribution in [1.29, 1.82) is 0 Å². The zero-order valence-electron chi connectivity index (χ0n) is 7.35. The van der Waals surface area contributed by atoms with Gasteiger partial charge in [-0.3, -0.25) is 4.79 Å². The fraction of sp³-hybridized carbons (Fsp3) is 0.111. The number of hydrogen-bond acceptors (Lipinski definition) is 5. The van der Waals surface area contributed by atoms with E-state index in [4.69, 9.17) is 10.2 Å². The first-order valence-corrected chi connectivity index (χ1v) is 3.70. The van der Waals surface area contributed by atoms with Crippen molar-refractivity contribution in [2.24, 2.45) is 0 Å². The second kappa shape index (κ2) is 3.78. The Hall–Kier alpha value is -2.04. The number of hydrogen-bond donors (Lipinski definition) is 2. The molecule has 0 fully saturated rings. The Morgan fingerprint density at radius 3 is 2.07 bits per heavy atom. The van der Waals surface area contributed by atoms with E-state index in [1.165, 1.54) is 0 Å². The topological polar surface area (TPSA) is 83.8 Å². The standard InChI is InChI=1S/C9H8O5/c1-14-9(13)8(12)5-2-6(10)4-7(11)3-5/h2-4,10-11H,1H3. The van der Waals surface area contributed by atoms with Gasteiger partial charge in [-0.05, 0) is 12.1 Å². The van der Waals surface area contributed by atoms with E-state index in [2.05, 4.69) is 4.74 Å². The Balaban J connectivity index is 3.07. The molecule has 0 amide bonds. The number of benzene rings is 1. The zero-order valence-corrected chi connectivity index (χ0v) is 7.35. The van der Waals surface area contributed by atoms with Gasteiger partial charge in [-0.2, -0.15) is 0 Å². The summed E-state index contributed by atoms with van der Waals surface area (Å²) in [7, 11) is 1.07. The zero-order chi connectivity index (χ0) is 10.7. The minimum absolute atomic E-state index is 0.116. The normalized spacial score (nSPS) is 9.50. The van der Waals surface area contributed by atoms with Crippen LogP contribution in [0.2, 0.25) is 0 Å². The van der Waals surface area contributed by atoms with Crippen molar-refractivity contribution in [3.63, 3.8) is 0 Å². The highest BCUT2D eigenvalue weighted by Gasteiger charge is 2.17. The molecule has 74 valence electrons. The Labute approximate surface area is 79.6 Å². The van der Waals surface area contributed by atoms with Crippen LogP contribution in [0.25, 0.3) is 0 Å². The van der Waals surface area contributed by atoms with Crippen molar-refractivity contribution in [1.82, 2.24) is 0 Å². The van der Waals surface area contributed by atoms with Gasteiger partial charge in [-0.1, -0.05) is 0 Å². The molecular formula is C9H8O5. The van der Waals surface area contributed by atoms with Gasteiger partial charge >= 0.3 is 5.97 Å². The molecule has 0 saturated heterocycles. The summed E-state index contributed by atoms with van der Waals surface area (Å²) in [5, 5.41) is 18.1. The van der Waals surface area contributed by atoms with E-state index in [9.17, 15) is 9.59 Å². The average Bonchev–Trinajstić information content (AvgIpc) is 2.14. The number of carbonyl (C=O) groups is 2. The van der Waals surface area contributed by atoms with Crippen molar-refractivity contribution < 1.29 is 24.5 Å². The van der Waals surface area contributed by atoms with Crippen LogP contribution in [-0.2, 0) is 9.53 Å². The van der Waals surface area contributed by atoms with Gasteiger partial charge in [-0.25, -0.2) is 4.79 Å². The van der Waals surface area contributed by atoms with Crippen LogP contribution in [0.15, 0.2) is 18.2 Å². The Bertz CT molecular complexity index is 363. The number of ketones is 1. The number of phenols is 2. The minimum Gasteiger partial charge on any atom is -0.508 e. The highest BCUT2D eigenvalue weighted by molar-refractivity contribution is 6.40. The first-order valence-electron chi connectivity index (χ1n) is 3.70. The minimum atomic E-state index is -1.05. The van der Waals surface area contributed by atoms with Crippen LogP contribution >= 0.6 is 0 Å². The maximum atomic E-state index is 11.2. The molecule has 1 rings (SSSR count). The molecule has 14 heavy (non-hydrogen) atoms. The van der Waals surface area contributed by atoms with E-state index >= 15 is 0 Å². The van der Waals surface area contributed by atoms with Crippen molar-refractivity contribution in [3.05, 3.63) is 23.8 Å². The molecule has 2 N–H and O–H groups in total. The third-order valence-corrected chi connectivity index (χ3v) is 1.54. The first kappa shape index (κ1) is 10.0. The van der Waals surface area contributed by atoms with Gasteiger partial charge in [0.15, 0.2) is 0 Å². The van der Waals surface area contributed by atoms with Crippen molar-refractivity contribution in [3.8, 4) is 11.5 Å². The molecule has 0 radical (unpaired) electrons. The maximum Gasteiger partial charge on any atom is 0.379 e. The molecule has 1 aromatic carbocycles. The van der Waals surface area contributed by atoms with Crippen molar-refractivity contribution in [2.45, 2.75) is 0 Å². The summed E-state index contributed by atoms with van der Waals surface area (Å²) in [6.07, 6.45) is 0. The smallest absolute Gasteiger partial charge is 0.379 e. The lowest BCUT2D eigenvalue weighted by atomic mass is 10.1. The van der Waals surface area contributed by atoms with Crippen LogP contribution in [-0.4, -0.2) is 29.1 Å². The Morgan fingerprint density at radius 2 is 1.64 bits per heavy atom. The summed E-state index contributed by atoms with van der Waals surface area (Å²) in [6, 6.07) is 3.19. The maximum absolute atomic E-state index is 11.2. The van der Waals surface area contributed by atoms with E-state index in [1.807, 2.05) is 0 Å². The second-order valence-corrected chi connectivity index (χ2v) is 2.56. The average molecular weight is 196 g/mol. The van der Waals surface area contributed by atoms with E-state index in [0.29, 0.717) is 0 Å². The van der Waals surface area contributed by atoms with Crippen LogP contribution in [0.3, 0.4) is 0 Å². The lowest BCUT2D eigenvalue weighted by Gasteiger charge is -2.00. The van der Waals surface area contributed by atoms with Gasteiger partial charge in [0, 0.05) is 11.6 Å². The lowest BCUT2D eigenvalue weighted by Crippen LogP contribution is -2.15. The number of Topliss-reactive ketones (excluding diaryl/α,β-unsaturated/α-hetero) is 1. The summed E-state index contributed by atoms with van der Waals surface area (Å²) in [5.41, 5.74) is -0.116. The summed E-state index contributed by atoms with van der Waals surface area (Å²) < 4.78 is 4.19. The molecule has 0 heterocycles. The Kier molecular flexibility index (Phi) is 2.71. The monoisotopic (exact) mass is 196 g/mol. The molecule has 0 bridgehead atoms. The van der Waals surface area contributed by atoms with Crippen LogP contribution in [0.4, 0.5) is 0 Å². The summed E-state index contributed by atoms with van der Waals surface area (Å²) in [6.45, 7) is 0. The number of aromatic hydroxyl groups is 2. The van der Waals surface area contributed by atoms with Crippen LogP contribution in [0, 0.1) is 0 Å². The largest absolute Gasteiger partial charge is 0.508 e. The molecule has 5 heteroatoms. The summed E-state index contributed by atoms with van der Waals surface area (Å²) in [5.74, 6) is -2.55. The van der Waals surface area contributed by atoms with Gasteiger partial charge in [0.05, 0.1) is 7.11 Å². The van der Waals surface area contributed by atoms with Crippen LogP contribution in [0.5, 0.6) is 11.5 Å².